The van der Waals surface area contributed by atoms with E-state index in [4.69, 9.17) is 9.47 Å². The van der Waals surface area contributed by atoms with Crippen molar-refractivity contribution in [2.75, 3.05) is 39.9 Å². The average molecular weight is 397 g/mol. The Morgan fingerprint density at radius 2 is 2.07 bits per heavy atom. The van der Waals surface area contributed by atoms with Crippen molar-refractivity contribution < 1.29 is 22.7 Å². The summed E-state index contributed by atoms with van der Waals surface area (Å²) in [6, 6.07) is 3.27. The summed E-state index contributed by atoms with van der Waals surface area (Å²) in [7, 11) is -2.30. The second kappa shape index (κ2) is 8.45. The molecule has 1 amide bonds. The molecule has 3 rings (SSSR count). The van der Waals surface area contributed by atoms with Gasteiger partial charge in [0.2, 0.25) is 15.9 Å². The maximum absolute atomic E-state index is 12.5. The van der Waals surface area contributed by atoms with E-state index in [2.05, 4.69) is 21.9 Å². The van der Waals surface area contributed by atoms with E-state index in [1.54, 1.807) is 0 Å². The molecule has 9 heteroatoms. The van der Waals surface area contributed by atoms with Gasteiger partial charge in [-0.2, -0.15) is 0 Å². The number of likely N-dealkylation sites (tertiary alicyclic amines) is 1. The molecule has 1 atom stereocenters. The maximum atomic E-state index is 12.5. The summed E-state index contributed by atoms with van der Waals surface area (Å²) in [6.07, 6.45) is 2.27. The van der Waals surface area contributed by atoms with Crippen molar-refractivity contribution in [3.8, 4) is 11.5 Å². The van der Waals surface area contributed by atoms with Gasteiger partial charge in [-0.25, -0.2) is 13.1 Å². The molecule has 1 unspecified atom stereocenters. The first-order valence-corrected chi connectivity index (χ1v) is 10.8. The Kier molecular flexibility index (Phi) is 6.23. The fraction of sp³-hybridized carbons (Fsp3) is 0.611. The van der Waals surface area contributed by atoms with E-state index in [-0.39, 0.29) is 17.2 Å². The Hall–Kier alpha value is -1.84. The second-order valence-corrected chi connectivity index (χ2v) is 8.61. The maximum Gasteiger partial charge on any atom is 0.240 e. The van der Waals surface area contributed by atoms with E-state index in [1.165, 1.54) is 19.2 Å². The molecule has 1 fully saturated rings. The summed E-state index contributed by atoms with van der Waals surface area (Å²) in [5.74, 6) is 0.643. The Morgan fingerprint density at radius 1 is 1.30 bits per heavy atom. The minimum absolute atomic E-state index is 0.0393. The largest absolute Gasteiger partial charge is 0.486 e. The number of fused-ring (bicyclic) bond motifs is 1. The predicted molar refractivity (Wildman–Crippen MR) is 101 cm³/mol. The summed E-state index contributed by atoms with van der Waals surface area (Å²) in [5, 5.41) is 2.97. The number of amides is 1. The van der Waals surface area contributed by atoms with Gasteiger partial charge in [-0.1, -0.05) is 6.92 Å². The third-order valence-corrected chi connectivity index (χ3v) is 6.46. The first kappa shape index (κ1) is 19.9. The van der Waals surface area contributed by atoms with Crippen molar-refractivity contribution >= 4 is 15.9 Å². The third-order valence-electron chi connectivity index (χ3n) is 5.06. The molecule has 8 nitrogen and oxygen atoms in total. The Bertz CT molecular complexity index is 796. The highest BCUT2D eigenvalue weighted by Crippen LogP contribution is 2.36. The van der Waals surface area contributed by atoms with Gasteiger partial charge in [0.15, 0.2) is 11.5 Å². The molecule has 27 heavy (non-hydrogen) atoms. The van der Waals surface area contributed by atoms with Crippen LogP contribution >= 0.6 is 0 Å². The Labute approximate surface area is 160 Å². The topological polar surface area (TPSA) is 97.0 Å². The van der Waals surface area contributed by atoms with Crippen LogP contribution in [0.15, 0.2) is 17.0 Å². The molecule has 1 aromatic rings. The number of sulfonamides is 1. The third kappa shape index (κ3) is 4.53. The highest BCUT2D eigenvalue weighted by Gasteiger charge is 2.25. The second-order valence-electron chi connectivity index (χ2n) is 6.72. The molecule has 0 spiro atoms. The molecule has 0 radical (unpaired) electrons. The fourth-order valence-corrected chi connectivity index (χ4v) is 4.41. The van der Waals surface area contributed by atoms with E-state index in [9.17, 15) is 13.2 Å². The zero-order valence-corrected chi connectivity index (χ0v) is 16.6. The standard InChI is InChI=1S/C18H27N3O5S/c1-3-21-6-4-5-14(21)12-20-17(22)10-13-9-15(27(23,24)19-2)11-16-18(13)26-8-7-25-16/h9,11,14,19H,3-8,10,12H2,1-2H3,(H,20,22). The van der Waals surface area contributed by atoms with Gasteiger partial charge in [-0.3, -0.25) is 9.69 Å². The molecule has 150 valence electrons. The normalized spacial score (nSPS) is 19.9. The molecule has 0 aromatic heterocycles. The van der Waals surface area contributed by atoms with Gasteiger partial charge in [0.05, 0.1) is 11.3 Å². The monoisotopic (exact) mass is 397 g/mol. The molecule has 2 aliphatic rings. The van der Waals surface area contributed by atoms with E-state index in [0.717, 1.165) is 25.9 Å². The van der Waals surface area contributed by atoms with Crippen molar-refractivity contribution in [1.29, 1.82) is 0 Å². The summed E-state index contributed by atoms with van der Waals surface area (Å²) in [6.45, 7) is 5.48. The summed E-state index contributed by atoms with van der Waals surface area (Å²) in [4.78, 5) is 14.9. The first-order chi connectivity index (χ1) is 12.9. The minimum Gasteiger partial charge on any atom is -0.486 e. The smallest absolute Gasteiger partial charge is 0.240 e. The highest BCUT2D eigenvalue weighted by atomic mass is 32.2. The van der Waals surface area contributed by atoms with E-state index in [0.29, 0.717) is 42.9 Å². The van der Waals surface area contributed by atoms with Gasteiger partial charge in [0.25, 0.3) is 0 Å². The zero-order valence-electron chi connectivity index (χ0n) is 15.8. The lowest BCUT2D eigenvalue weighted by atomic mass is 10.1. The van der Waals surface area contributed by atoms with E-state index >= 15 is 0 Å². The number of nitrogens with one attached hydrogen (secondary N) is 2. The van der Waals surface area contributed by atoms with Crippen LogP contribution in [0.1, 0.15) is 25.3 Å². The van der Waals surface area contributed by atoms with Crippen molar-refractivity contribution in [2.24, 2.45) is 0 Å². The number of benzene rings is 1. The summed E-state index contributed by atoms with van der Waals surface area (Å²) >= 11 is 0. The first-order valence-electron chi connectivity index (χ1n) is 9.31. The Morgan fingerprint density at radius 3 is 2.81 bits per heavy atom. The van der Waals surface area contributed by atoms with Crippen LogP contribution in [0.25, 0.3) is 0 Å². The van der Waals surface area contributed by atoms with Crippen molar-refractivity contribution in [3.63, 3.8) is 0 Å². The number of hydrogen-bond donors (Lipinski definition) is 2. The van der Waals surface area contributed by atoms with Gasteiger partial charge in [-0.15, -0.1) is 0 Å². The highest BCUT2D eigenvalue weighted by molar-refractivity contribution is 7.89. The van der Waals surface area contributed by atoms with Crippen molar-refractivity contribution in [3.05, 3.63) is 17.7 Å². The predicted octanol–water partition coefficient (Wildman–Crippen LogP) is 0.509. The molecule has 2 N–H and O–H groups in total. The lowest BCUT2D eigenvalue weighted by Crippen LogP contribution is -2.40. The number of nitrogens with zero attached hydrogens (tertiary/aromatic N) is 1. The zero-order chi connectivity index (χ0) is 19.4. The van der Waals surface area contributed by atoms with Gasteiger partial charge in [0.1, 0.15) is 13.2 Å². The Balaban J connectivity index is 1.75. The minimum atomic E-state index is -3.65. The molecular weight excluding hydrogens is 370 g/mol. The SMILES string of the molecule is CCN1CCCC1CNC(=O)Cc1cc(S(=O)(=O)NC)cc2c1OCCO2. The van der Waals surface area contributed by atoms with Crippen LogP contribution in [0.4, 0.5) is 0 Å². The van der Waals surface area contributed by atoms with Crippen molar-refractivity contribution in [1.82, 2.24) is 14.9 Å². The molecule has 0 bridgehead atoms. The number of likely N-dealkylation sites (N-methyl/N-ethyl adjacent to an activating group) is 1. The van der Waals surface area contributed by atoms with Crippen molar-refractivity contribution in [2.45, 2.75) is 37.1 Å². The van der Waals surface area contributed by atoms with Gasteiger partial charge >= 0.3 is 0 Å². The molecule has 1 aromatic carbocycles. The summed E-state index contributed by atoms with van der Waals surface area (Å²) in [5.41, 5.74) is 0.511. The van der Waals surface area contributed by atoms with Crippen LogP contribution in [0.5, 0.6) is 11.5 Å². The molecule has 2 heterocycles. The number of carbonyl (C=O) groups is 1. The van der Waals surface area contributed by atoms with Crippen LogP contribution in [0.2, 0.25) is 0 Å². The van der Waals surface area contributed by atoms with Gasteiger partial charge < -0.3 is 14.8 Å². The summed E-state index contributed by atoms with van der Waals surface area (Å²) < 4.78 is 37.8. The molecule has 0 saturated carbocycles. The van der Waals surface area contributed by atoms with Crippen LogP contribution in [-0.4, -0.2) is 65.2 Å². The molecule has 2 aliphatic heterocycles. The van der Waals surface area contributed by atoms with Crippen LogP contribution < -0.4 is 19.5 Å². The van der Waals surface area contributed by atoms with E-state index < -0.39 is 10.0 Å². The fourth-order valence-electron chi connectivity index (χ4n) is 3.61. The quantitative estimate of drug-likeness (QED) is 0.696. The number of rotatable bonds is 7. The van der Waals surface area contributed by atoms with Crippen LogP contribution in [0, 0.1) is 0 Å². The number of ether oxygens (including phenoxy) is 2. The lowest BCUT2D eigenvalue weighted by Gasteiger charge is -2.24. The van der Waals surface area contributed by atoms with Crippen LogP contribution in [0.3, 0.4) is 0 Å². The van der Waals surface area contributed by atoms with Gasteiger partial charge in [0, 0.05) is 24.2 Å². The molecular formula is C18H27N3O5S. The average Bonchev–Trinajstić information content (AvgIpc) is 3.14. The number of hydrogen-bond acceptors (Lipinski definition) is 6. The van der Waals surface area contributed by atoms with Crippen LogP contribution in [-0.2, 0) is 21.2 Å². The molecule has 0 aliphatic carbocycles. The van der Waals surface area contributed by atoms with Gasteiger partial charge in [-0.05, 0) is 39.0 Å². The lowest BCUT2D eigenvalue weighted by molar-refractivity contribution is -0.120. The molecule has 1 saturated heterocycles. The van der Waals surface area contributed by atoms with E-state index in [1.807, 2.05) is 0 Å². The number of carbonyl (C=O) groups excluding carboxylic acids is 1.